The van der Waals surface area contributed by atoms with Gasteiger partial charge in [0.25, 0.3) is 0 Å². The Bertz CT molecular complexity index is 1150. The summed E-state index contributed by atoms with van der Waals surface area (Å²) in [6.45, 7) is 1.99. The number of nitrogens with zero attached hydrogens (tertiary/aromatic N) is 3. The van der Waals surface area contributed by atoms with Crippen LogP contribution in [0.3, 0.4) is 0 Å². The fourth-order valence-electron chi connectivity index (χ4n) is 3.24. The van der Waals surface area contributed by atoms with E-state index < -0.39 is 11.7 Å². The quantitative estimate of drug-likeness (QED) is 0.340. The van der Waals surface area contributed by atoms with E-state index in [1.165, 1.54) is 23.9 Å². The molecule has 152 valence electrons. The van der Waals surface area contributed by atoms with E-state index in [0.717, 1.165) is 22.9 Å². The van der Waals surface area contributed by atoms with Gasteiger partial charge in [-0.25, -0.2) is 0 Å². The first kappa shape index (κ1) is 20.2. The van der Waals surface area contributed by atoms with E-state index in [1.54, 1.807) is 6.07 Å². The van der Waals surface area contributed by atoms with Crippen molar-refractivity contribution in [3.63, 3.8) is 0 Å². The highest BCUT2D eigenvalue weighted by Gasteiger charge is 2.33. The second kappa shape index (κ2) is 8.36. The van der Waals surface area contributed by atoms with Gasteiger partial charge < -0.3 is 0 Å². The highest BCUT2D eigenvalue weighted by Crippen LogP contribution is 2.36. The number of halogens is 3. The molecule has 0 bridgehead atoms. The van der Waals surface area contributed by atoms with Crippen LogP contribution in [0.25, 0.3) is 17.1 Å². The SMILES string of the molecule is Cc1ccccc1-c1nnc(SCc2ccccc2C(F)(F)F)n1-c1ccccc1. The van der Waals surface area contributed by atoms with E-state index >= 15 is 0 Å². The van der Waals surface area contributed by atoms with Gasteiger partial charge in [0.2, 0.25) is 0 Å². The Hall–Kier alpha value is -3.06. The van der Waals surface area contributed by atoms with E-state index in [0.29, 0.717) is 11.0 Å². The fraction of sp³-hybridized carbons (Fsp3) is 0.130. The van der Waals surface area contributed by atoms with Crippen molar-refractivity contribution in [2.45, 2.75) is 24.0 Å². The first-order valence-electron chi connectivity index (χ1n) is 9.30. The van der Waals surface area contributed by atoms with Gasteiger partial charge in [-0.15, -0.1) is 10.2 Å². The largest absolute Gasteiger partial charge is 0.416 e. The summed E-state index contributed by atoms with van der Waals surface area (Å²) < 4.78 is 41.9. The molecule has 0 spiro atoms. The summed E-state index contributed by atoms with van der Waals surface area (Å²) in [4.78, 5) is 0. The summed E-state index contributed by atoms with van der Waals surface area (Å²) in [7, 11) is 0. The number of thioether (sulfide) groups is 1. The molecule has 1 heterocycles. The molecule has 7 heteroatoms. The highest BCUT2D eigenvalue weighted by molar-refractivity contribution is 7.98. The maximum Gasteiger partial charge on any atom is 0.416 e. The number of aromatic nitrogens is 3. The molecular weight excluding hydrogens is 407 g/mol. The monoisotopic (exact) mass is 425 g/mol. The number of rotatable bonds is 5. The Morgan fingerprint density at radius 2 is 1.50 bits per heavy atom. The van der Waals surface area contributed by atoms with E-state index in [9.17, 15) is 13.2 Å². The van der Waals surface area contributed by atoms with Crippen LogP contribution >= 0.6 is 11.8 Å². The third-order valence-electron chi connectivity index (χ3n) is 4.71. The van der Waals surface area contributed by atoms with Crippen molar-refractivity contribution >= 4 is 11.8 Å². The average molecular weight is 425 g/mol. The predicted molar refractivity (Wildman–Crippen MR) is 113 cm³/mol. The zero-order valence-electron chi connectivity index (χ0n) is 16.1. The number of hydrogen-bond acceptors (Lipinski definition) is 3. The van der Waals surface area contributed by atoms with Gasteiger partial charge in [-0.2, -0.15) is 13.2 Å². The van der Waals surface area contributed by atoms with Gasteiger partial charge in [-0.05, 0) is 36.2 Å². The van der Waals surface area contributed by atoms with Crippen molar-refractivity contribution in [3.05, 3.63) is 95.6 Å². The van der Waals surface area contributed by atoms with Crippen LogP contribution in [-0.2, 0) is 11.9 Å². The maximum absolute atomic E-state index is 13.3. The smallest absolute Gasteiger partial charge is 0.270 e. The molecule has 0 N–H and O–H groups in total. The highest BCUT2D eigenvalue weighted by atomic mass is 32.2. The molecule has 3 nitrogen and oxygen atoms in total. The molecule has 0 radical (unpaired) electrons. The number of aryl methyl sites for hydroxylation is 1. The molecule has 0 saturated heterocycles. The van der Waals surface area contributed by atoms with Gasteiger partial charge >= 0.3 is 6.18 Å². The van der Waals surface area contributed by atoms with Crippen LogP contribution in [0.15, 0.2) is 84.0 Å². The third kappa shape index (κ3) is 4.11. The molecular formula is C23H18F3N3S. The third-order valence-corrected chi connectivity index (χ3v) is 5.69. The van der Waals surface area contributed by atoms with Crippen LogP contribution in [0.1, 0.15) is 16.7 Å². The summed E-state index contributed by atoms with van der Waals surface area (Å²) in [6.07, 6.45) is -4.39. The summed E-state index contributed by atoms with van der Waals surface area (Å²) in [5.41, 5.74) is 2.42. The van der Waals surface area contributed by atoms with Crippen LogP contribution in [0.4, 0.5) is 13.2 Å². The van der Waals surface area contributed by atoms with Crippen LogP contribution in [-0.4, -0.2) is 14.8 Å². The lowest BCUT2D eigenvalue weighted by atomic mass is 10.1. The summed E-state index contributed by atoms with van der Waals surface area (Å²) in [5.74, 6) is 0.792. The summed E-state index contributed by atoms with van der Waals surface area (Å²) in [5, 5.41) is 9.23. The zero-order valence-corrected chi connectivity index (χ0v) is 16.9. The molecule has 0 aliphatic rings. The minimum Gasteiger partial charge on any atom is -0.270 e. The molecule has 4 aromatic rings. The Morgan fingerprint density at radius 3 is 2.23 bits per heavy atom. The minimum atomic E-state index is -4.39. The van der Waals surface area contributed by atoms with Gasteiger partial charge in [-0.3, -0.25) is 4.57 Å². The van der Waals surface area contributed by atoms with E-state index in [1.807, 2.05) is 66.1 Å². The first-order valence-corrected chi connectivity index (χ1v) is 10.3. The van der Waals surface area contributed by atoms with Gasteiger partial charge in [0.05, 0.1) is 5.56 Å². The standard InChI is InChI=1S/C23H18F3N3S/c1-16-9-5-7-13-19(16)21-27-28-22(29(21)18-11-3-2-4-12-18)30-15-17-10-6-8-14-20(17)23(24,25)26/h2-14H,15H2,1H3. The predicted octanol–water partition coefficient (Wildman–Crippen LogP) is 6.55. The molecule has 1 aromatic heterocycles. The average Bonchev–Trinajstić information content (AvgIpc) is 3.16. The number of hydrogen-bond donors (Lipinski definition) is 0. The van der Waals surface area contributed by atoms with E-state index in [4.69, 9.17) is 0 Å². The fourth-order valence-corrected chi connectivity index (χ4v) is 4.19. The Morgan fingerprint density at radius 1 is 0.833 bits per heavy atom. The van der Waals surface area contributed by atoms with E-state index in [-0.39, 0.29) is 11.3 Å². The van der Waals surface area contributed by atoms with Gasteiger partial charge in [-0.1, -0.05) is 72.4 Å². The van der Waals surface area contributed by atoms with E-state index in [2.05, 4.69) is 10.2 Å². The molecule has 30 heavy (non-hydrogen) atoms. The normalized spacial score (nSPS) is 11.6. The minimum absolute atomic E-state index is 0.133. The van der Waals surface area contributed by atoms with Gasteiger partial charge in [0.15, 0.2) is 11.0 Å². The number of benzene rings is 3. The Labute approximate surface area is 176 Å². The van der Waals surface area contributed by atoms with Crippen molar-refractivity contribution in [3.8, 4) is 17.1 Å². The summed E-state index contributed by atoms with van der Waals surface area (Å²) in [6, 6.07) is 23.0. The molecule has 0 fully saturated rings. The lowest BCUT2D eigenvalue weighted by Gasteiger charge is -2.14. The van der Waals surface area contributed by atoms with Crippen LogP contribution in [0.5, 0.6) is 0 Å². The van der Waals surface area contributed by atoms with Crippen molar-refractivity contribution in [2.75, 3.05) is 0 Å². The van der Waals surface area contributed by atoms with Crippen molar-refractivity contribution < 1.29 is 13.2 Å². The molecule has 0 saturated carbocycles. The van der Waals surface area contributed by atoms with Crippen molar-refractivity contribution in [1.82, 2.24) is 14.8 Å². The molecule has 0 atom stereocenters. The Kier molecular flexibility index (Phi) is 5.63. The van der Waals surface area contributed by atoms with Crippen molar-refractivity contribution in [2.24, 2.45) is 0 Å². The second-order valence-electron chi connectivity index (χ2n) is 6.74. The molecule has 3 aromatic carbocycles. The molecule has 0 aliphatic carbocycles. The topological polar surface area (TPSA) is 30.7 Å². The molecule has 0 aliphatic heterocycles. The molecule has 0 amide bonds. The zero-order chi connectivity index (χ0) is 21.1. The number of alkyl halides is 3. The van der Waals surface area contributed by atoms with Crippen molar-refractivity contribution in [1.29, 1.82) is 0 Å². The van der Waals surface area contributed by atoms with Crippen LogP contribution in [0, 0.1) is 6.92 Å². The Balaban J connectivity index is 1.75. The lowest BCUT2D eigenvalue weighted by molar-refractivity contribution is -0.138. The van der Waals surface area contributed by atoms with Gasteiger partial charge in [0.1, 0.15) is 0 Å². The van der Waals surface area contributed by atoms with Gasteiger partial charge in [0, 0.05) is 17.0 Å². The summed E-state index contributed by atoms with van der Waals surface area (Å²) >= 11 is 1.24. The van der Waals surface area contributed by atoms with Crippen LogP contribution < -0.4 is 0 Å². The second-order valence-corrected chi connectivity index (χ2v) is 7.68. The lowest BCUT2D eigenvalue weighted by Crippen LogP contribution is -2.08. The maximum atomic E-state index is 13.3. The first-order chi connectivity index (χ1) is 14.4. The van der Waals surface area contributed by atoms with Crippen LogP contribution in [0.2, 0.25) is 0 Å². The molecule has 0 unspecified atom stereocenters. The molecule has 4 rings (SSSR count). The number of para-hydroxylation sites is 1.